The molecule has 5 rings (SSSR count). The average Bonchev–Trinajstić information content (AvgIpc) is 3.22. The van der Waals surface area contributed by atoms with Crippen molar-refractivity contribution in [3.8, 4) is 11.3 Å². The summed E-state index contributed by atoms with van der Waals surface area (Å²) < 4.78 is 6.21. The number of nitrogens with one attached hydrogen (secondary N) is 1. The Morgan fingerprint density at radius 3 is 2.68 bits per heavy atom. The van der Waals surface area contributed by atoms with Gasteiger partial charge in [0.2, 0.25) is 0 Å². The van der Waals surface area contributed by atoms with Gasteiger partial charge < -0.3 is 10.1 Å². The van der Waals surface area contributed by atoms with E-state index < -0.39 is 0 Å². The lowest BCUT2D eigenvalue weighted by molar-refractivity contribution is 0.0526. The van der Waals surface area contributed by atoms with Gasteiger partial charge in [0, 0.05) is 20.3 Å². The summed E-state index contributed by atoms with van der Waals surface area (Å²) in [5.74, 6) is -0.642. The fraction of sp³-hybridized carbons (Fsp3) is 0.222. The molecule has 0 aliphatic heterocycles. The molecule has 1 N–H and O–H groups in total. The predicted octanol–water partition coefficient (Wildman–Crippen LogP) is 7.03. The van der Waals surface area contributed by atoms with Gasteiger partial charge in [-0.3, -0.25) is 4.79 Å². The minimum Gasteiger partial charge on any atom is -0.462 e. The third kappa shape index (κ3) is 4.38. The molecule has 1 aliphatic rings. The molecule has 4 aromatic rings. The Bertz CT molecular complexity index is 1400. The Kier molecular flexibility index (Phi) is 6.48. The number of anilines is 1. The van der Waals surface area contributed by atoms with Crippen molar-refractivity contribution in [2.45, 2.75) is 32.6 Å². The van der Waals surface area contributed by atoms with E-state index in [2.05, 4.69) is 21.2 Å². The highest BCUT2D eigenvalue weighted by atomic mass is 79.9. The molecule has 0 fully saturated rings. The molecule has 0 saturated heterocycles. The van der Waals surface area contributed by atoms with Crippen molar-refractivity contribution < 1.29 is 14.3 Å². The van der Waals surface area contributed by atoms with Gasteiger partial charge in [-0.25, -0.2) is 9.78 Å². The number of rotatable bonds is 5. The fourth-order valence-corrected chi connectivity index (χ4v) is 6.02. The van der Waals surface area contributed by atoms with Crippen LogP contribution in [0.25, 0.3) is 22.2 Å². The Balaban J connectivity index is 1.60. The summed E-state index contributed by atoms with van der Waals surface area (Å²) in [5.41, 5.74) is 4.42. The molecule has 7 heteroatoms. The topological polar surface area (TPSA) is 68.3 Å². The standard InChI is InChI=1S/C27H23BrN2O3S/c1-2-33-27(32)24-18-10-6-7-11-23(18)34-26(24)30-25(31)20-15-22(16-8-4-3-5-9-16)29-21-13-12-17(28)14-19(20)21/h3-5,8-9,12-15H,2,6-7,10-11H2,1H3,(H,30,31). The van der Waals surface area contributed by atoms with Crippen molar-refractivity contribution in [3.63, 3.8) is 0 Å². The lowest BCUT2D eigenvalue weighted by Gasteiger charge is -2.13. The van der Waals surface area contributed by atoms with E-state index in [1.54, 1.807) is 6.92 Å². The molecular formula is C27H23BrN2O3S. The van der Waals surface area contributed by atoms with Gasteiger partial charge in [-0.1, -0.05) is 46.3 Å². The molecule has 0 spiro atoms. The minimum atomic E-state index is -0.371. The van der Waals surface area contributed by atoms with E-state index in [4.69, 9.17) is 9.72 Å². The second kappa shape index (κ2) is 9.68. The number of aryl methyl sites for hydroxylation is 1. The van der Waals surface area contributed by atoms with Crippen molar-refractivity contribution in [1.29, 1.82) is 0 Å². The monoisotopic (exact) mass is 534 g/mol. The van der Waals surface area contributed by atoms with E-state index in [1.165, 1.54) is 11.3 Å². The van der Waals surface area contributed by atoms with Gasteiger partial charge in [0.25, 0.3) is 5.91 Å². The smallest absolute Gasteiger partial charge is 0.341 e. The number of pyridine rings is 1. The fourth-order valence-electron chi connectivity index (χ4n) is 4.39. The summed E-state index contributed by atoms with van der Waals surface area (Å²) in [5, 5.41) is 4.36. The van der Waals surface area contributed by atoms with E-state index in [9.17, 15) is 9.59 Å². The molecule has 0 radical (unpaired) electrons. The van der Waals surface area contributed by atoms with E-state index >= 15 is 0 Å². The molecule has 0 unspecified atom stereocenters. The van der Waals surface area contributed by atoms with Crippen LogP contribution in [0.5, 0.6) is 0 Å². The van der Waals surface area contributed by atoms with E-state index in [1.807, 2.05) is 54.6 Å². The van der Waals surface area contributed by atoms with E-state index in [-0.39, 0.29) is 11.9 Å². The van der Waals surface area contributed by atoms with Gasteiger partial charge in [0.1, 0.15) is 5.00 Å². The van der Waals surface area contributed by atoms with Crippen molar-refractivity contribution in [2.75, 3.05) is 11.9 Å². The minimum absolute atomic E-state index is 0.271. The lowest BCUT2D eigenvalue weighted by atomic mass is 9.95. The van der Waals surface area contributed by atoms with Gasteiger partial charge >= 0.3 is 5.97 Å². The molecular weight excluding hydrogens is 512 g/mol. The lowest BCUT2D eigenvalue weighted by Crippen LogP contribution is -2.16. The molecule has 1 aliphatic carbocycles. The predicted molar refractivity (Wildman–Crippen MR) is 140 cm³/mol. The molecule has 2 aromatic heterocycles. The Morgan fingerprint density at radius 2 is 1.88 bits per heavy atom. The Labute approximate surface area is 210 Å². The zero-order valence-corrected chi connectivity index (χ0v) is 21.1. The molecule has 1 amide bonds. The van der Waals surface area contributed by atoms with Gasteiger partial charge in [0.15, 0.2) is 0 Å². The number of ether oxygens (including phenoxy) is 1. The maximum absolute atomic E-state index is 13.7. The number of aromatic nitrogens is 1. The number of hydrogen-bond donors (Lipinski definition) is 1. The first-order valence-electron chi connectivity index (χ1n) is 11.3. The summed E-state index contributed by atoms with van der Waals surface area (Å²) in [6.45, 7) is 2.08. The third-order valence-corrected chi connectivity index (χ3v) is 7.66. The summed E-state index contributed by atoms with van der Waals surface area (Å²) >= 11 is 5.00. The van der Waals surface area contributed by atoms with Gasteiger partial charge in [-0.15, -0.1) is 11.3 Å². The number of carbonyl (C=O) groups is 2. The number of nitrogens with zero attached hydrogens (tertiary/aromatic N) is 1. The second-order valence-corrected chi connectivity index (χ2v) is 10.2. The highest BCUT2D eigenvalue weighted by molar-refractivity contribution is 9.10. The number of carbonyl (C=O) groups excluding carboxylic acids is 2. The molecule has 0 atom stereocenters. The number of fused-ring (bicyclic) bond motifs is 2. The van der Waals surface area contributed by atoms with E-state index in [0.717, 1.165) is 62.8 Å². The number of benzene rings is 2. The normalized spacial score (nSPS) is 12.9. The highest BCUT2D eigenvalue weighted by Crippen LogP contribution is 2.39. The van der Waals surface area contributed by atoms with Crippen LogP contribution in [0.2, 0.25) is 0 Å². The zero-order chi connectivity index (χ0) is 23.7. The van der Waals surface area contributed by atoms with Gasteiger partial charge in [-0.05, 0) is 62.4 Å². The summed E-state index contributed by atoms with van der Waals surface area (Å²) in [6.07, 6.45) is 3.88. The number of amides is 1. The first-order valence-corrected chi connectivity index (χ1v) is 12.9. The van der Waals surface area contributed by atoms with Crippen molar-refractivity contribution >= 4 is 55.0 Å². The molecule has 2 heterocycles. The molecule has 5 nitrogen and oxygen atoms in total. The molecule has 0 bridgehead atoms. The maximum atomic E-state index is 13.7. The first kappa shape index (κ1) is 22.7. The van der Waals surface area contributed by atoms with Crippen molar-refractivity contribution in [2.24, 2.45) is 0 Å². The number of hydrogen-bond acceptors (Lipinski definition) is 5. The van der Waals surface area contributed by atoms with Gasteiger partial charge in [0.05, 0.1) is 28.9 Å². The SMILES string of the molecule is CCOC(=O)c1c(NC(=O)c2cc(-c3ccccc3)nc3ccc(Br)cc23)sc2c1CCCC2. The van der Waals surface area contributed by atoms with Crippen LogP contribution in [0.15, 0.2) is 59.1 Å². The van der Waals surface area contributed by atoms with Crippen LogP contribution < -0.4 is 5.32 Å². The van der Waals surface area contributed by atoms with Crippen LogP contribution >= 0.6 is 27.3 Å². The highest BCUT2D eigenvalue weighted by Gasteiger charge is 2.28. The number of halogens is 1. The zero-order valence-electron chi connectivity index (χ0n) is 18.7. The van der Waals surface area contributed by atoms with Crippen molar-refractivity contribution in [1.82, 2.24) is 4.98 Å². The molecule has 2 aromatic carbocycles. The quantitative estimate of drug-likeness (QED) is 0.279. The second-order valence-electron chi connectivity index (χ2n) is 8.17. The summed E-state index contributed by atoms with van der Waals surface area (Å²) in [7, 11) is 0. The Morgan fingerprint density at radius 1 is 1.09 bits per heavy atom. The molecule has 172 valence electrons. The number of esters is 1. The summed E-state index contributed by atoms with van der Waals surface area (Å²) in [6, 6.07) is 17.3. The molecule has 34 heavy (non-hydrogen) atoms. The average molecular weight is 535 g/mol. The third-order valence-electron chi connectivity index (χ3n) is 5.96. The van der Waals surface area contributed by atoms with Crippen LogP contribution in [-0.2, 0) is 17.6 Å². The maximum Gasteiger partial charge on any atom is 0.341 e. The Hall–Kier alpha value is -3.03. The van der Waals surface area contributed by atoms with Crippen LogP contribution in [-0.4, -0.2) is 23.5 Å². The van der Waals surface area contributed by atoms with E-state index in [0.29, 0.717) is 22.7 Å². The van der Waals surface area contributed by atoms with Crippen LogP contribution in [0, 0.1) is 0 Å². The molecule has 0 saturated carbocycles. The largest absolute Gasteiger partial charge is 0.462 e. The van der Waals surface area contributed by atoms with Crippen LogP contribution in [0.1, 0.15) is 50.9 Å². The van der Waals surface area contributed by atoms with Crippen molar-refractivity contribution in [3.05, 3.63) is 80.6 Å². The first-order chi connectivity index (χ1) is 16.5. The van der Waals surface area contributed by atoms with Crippen LogP contribution in [0.3, 0.4) is 0 Å². The number of thiophene rings is 1. The van der Waals surface area contributed by atoms with Gasteiger partial charge in [-0.2, -0.15) is 0 Å². The summed E-state index contributed by atoms with van der Waals surface area (Å²) in [4.78, 5) is 32.4. The van der Waals surface area contributed by atoms with Crippen LogP contribution in [0.4, 0.5) is 5.00 Å².